The zero-order valence-electron chi connectivity index (χ0n) is 13.2. The van der Waals surface area contributed by atoms with Gasteiger partial charge in [-0.1, -0.05) is 6.07 Å². The van der Waals surface area contributed by atoms with E-state index < -0.39 is 59.7 Å². The number of carbonyl (C=O) groups is 1. The first kappa shape index (κ1) is 19.3. The number of hydrogen-bond donors (Lipinski definition) is 1. The van der Waals surface area contributed by atoms with Crippen molar-refractivity contribution < 1.29 is 31.7 Å². The third-order valence-electron chi connectivity index (χ3n) is 3.89. The molecular formula is C13H16N2O8S2. The molecule has 1 aromatic carbocycles. The fourth-order valence-corrected chi connectivity index (χ4v) is 6.08. The van der Waals surface area contributed by atoms with Gasteiger partial charge in [-0.2, -0.15) is 4.31 Å². The molecule has 1 heterocycles. The van der Waals surface area contributed by atoms with Crippen LogP contribution in [0.1, 0.15) is 12.0 Å². The summed E-state index contributed by atoms with van der Waals surface area (Å²) in [6.45, 7) is 0.511. The number of nitro groups is 1. The molecule has 0 radical (unpaired) electrons. The maximum Gasteiger partial charge on any atom is 0.318 e. The number of carboxylic acids is 1. The van der Waals surface area contributed by atoms with Crippen LogP contribution in [0.15, 0.2) is 23.1 Å². The summed E-state index contributed by atoms with van der Waals surface area (Å²) in [5.74, 6) is -2.17. The lowest BCUT2D eigenvalue weighted by Crippen LogP contribution is -2.44. The average molecular weight is 392 g/mol. The molecule has 0 spiro atoms. The highest BCUT2D eigenvalue weighted by atomic mass is 32.2. The molecule has 1 aliphatic rings. The number of nitro benzene ring substituents is 1. The highest BCUT2D eigenvalue weighted by Gasteiger charge is 2.40. The molecular weight excluding hydrogens is 376 g/mol. The molecule has 138 valence electrons. The van der Waals surface area contributed by atoms with E-state index >= 15 is 0 Å². The predicted molar refractivity (Wildman–Crippen MR) is 86.4 cm³/mol. The Bertz CT molecular complexity index is 923. The minimum atomic E-state index is -4.42. The highest BCUT2D eigenvalue weighted by molar-refractivity contribution is 7.92. The third kappa shape index (κ3) is 4.14. The van der Waals surface area contributed by atoms with Crippen molar-refractivity contribution in [1.82, 2.24) is 4.31 Å². The van der Waals surface area contributed by atoms with Gasteiger partial charge in [0.25, 0.3) is 5.69 Å². The van der Waals surface area contributed by atoms with Crippen LogP contribution in [-0.2, 0) is 24.7 Å². The summed E-state index contributed by atoms with van der Waals surface area (Å²) in [6.07, 6.45) is -0.0250. The Balaban J connectivity index is 2.50. The van der Waals surface area contributed by atoms with Gasteiger partial charge < -0.3 is 5.11 Å². The molecule has 0 aliphatic carbocycles. The van der Waals surface area contributed by atoms with Gasteiger partial charge in [0, 0.05) is 17.7 Å². The number of rotatable bonds is 6. The molecule has 1 fully saturated rings. The molecule has 2 rings (SSSR count). The summed E-state index contributed by atoms with van der Waals surface area (Å²) >= 11 is 0. The normalized spacial score (nSPS) is 19.8. The molecule has 1 unspecified atom stereocenters. The Labute approximate surface area is 144 Å². The molecule has 0 bridgehead atoms. The van der Waals surface area contributed by atoms with E-state index in [1.807, 2.05) is 0 Å². The van der Waals surface area contributed by atoms with Crippen molar-refractivity contribution >= 4 is 31.5 Å². The van der Waals surface area contributed by atoms with Crippen molar-refractivity contribution in [2.24, 2.45) is 0 Å². The smallest absolute Gasteiger partial charge is 0.318 e. The van der Waals surface area contributed by atoms with E-state index in [1.165, 1.54) is 13.0 Å². The van der Waals surface area contributed by atoms with Crippen molar-refractivity contribution in [3.05, 3.63) is 33.9 Å². The second kappa shape index (κ2) is 6.69. The molecule has 0 amide bonds. The van der Waals surface area contributed by atoms with Crippen LogP contribution in [-0.4, -0.2) is 61.2 Å². The van der Waals surface area contributed by atoms with E-state index in [0.717, 1.165) is 12.1 Å². The monoisotopic (exact) mass is 392 g/mol. The number of carboxylic acid groups (broad SMARTS) is 1. The van der Waals surface area contributed by atoms with Crippen molar-refractivity contribution in [1.29, 1.82) is 0 Å². The van der Waals surface area contributed by atoms with Crippen LogP contribution in [0.3, 0.4) is 0 Å². The lowest BCUT2D eigenvalue weighted by molar-refractivity contribution is -0.385. The number of aryl methyl sites for hydroxylation is 1. The number of nitrogens with zero attached hydrogens (tertiary/aromatic N) is 2. The van der Waals surface area contributed by atoms with Crippen molar-refractivity contribution in [3.8, 4) is 0 Å². The minimum Gasteiger partial charge on any atom is -0.480 e. The number of sulfone groups is 1. The highest BCUT2D eigenvalue weighted by Crippen LogP contribution is 2.28. The van der Waals surface area contributed by atoms with Gasteiger partial charge in [0.1, 0.15) is 6.54 Å². The molecule has 1 aliphatic heterocycles. The van der Waals surface area contributed by atoms with Crippen LogP contribution < -0.4 is 0 Å². The lowest BCUT2D eigenvalue weighted by Gasteiger charge is -2.25. The number of sulfonamides is 1. The van der Waals surface area contributed by atoms with E-state index in [-0.39, 0.29) is 17.7 Å². The molecule has 0 saturated carbocycles. The topological polar surface area (TPSA) is 152 Å². The molecule has 10 nitrogen and oxygen atoms in total. The summed E-state index contributed by atoms with van der Waals surface area (Å²) in [7, 11) is -7.87. The second-order valence-electron chi connectivity index (χ2n) is 5.71. The summed E-state index contributed by atoms with van der Waals surface area (Å²) in [6, 6.07) is 2.21. The SMILES string of the molecule is Cc1ccc(S(=O)(=O)N(CC(=O)O)C2CCS(=O)(=O)C2)cc1[N+](=O)[O-]. The van der Waals surface area contributed by atoms with Gasteiger partial charge in [0.15, 0.2) is 9.84 Å². The molecule has 1 atom stereocenters. The number of aliphatic carboxylic acids is 1. The summed E-state index contributed by atoms with van der Waals surface area (Å²) in [5.41, 5.74) is -0.174. The van der Waals surface area contributed by atoms with E-state index in [0.29, 0.717) is 4.31 Å². The number of benzene rings is 1. The molecule has 1 aromatic rings. The van der Waals surface area contributed by atoms with Gasteiger partial charge in [-0.3, -0.25) is 14.9 Å². The van der Waals surface area contributed by atoms with Crippen molar-refractivity contribution in [2.75, 3.05) is 18.1 Å². The van der Waals surface area contributed by atoms with E-state index in [2.05, 4.69) is 0 Å². The first-order valence-corrected chi connectivity index (χ1v) is 10.4. The summed E-state index contributed by atoms with van der Waals surface area (Å²) in [5, 5.41) is 20.0. The molecule has 0 aromatic heterocycles. The Morgan fingerprint density at radius 3 is 2.56 bits per heavy atom. The van der Waals surface area contributed by atoms with E-state index in [9.17, 15) is 31.7 Å². The predicted octanol–water partition coefficient (Wildman–Crippen LogP) is 0.166. The zero-order chi connectivity index (χ0) is 19.0. The van der Waals surface area contributed by atoms with Gasteiger partial charge in [0.2, 0.25) is 10.0 Å². The molecule has 1 N–H and O–H groups in total. The van der Waals surface area contributed by atoms with Crippen molar-refractivity contribution in [2.45, 2.75) is 24.3 Å². The third-order valence-corrected chi connectivity index (χ3v) is 7.54. The minimum absolute atomic E-state index is 0.0250. The van der Waals surface area contributed by atoms with Crippen LogP contribution in [0.2, 0.25) is 0 Å². The summed E-state index contributed by atoms with van der Waals surface area (Å²) < 4.78 is 49.4. The first-order chi connectivity index (χ1) is 11.4. The maximum absolute atomic E-state index is 12.8. The zero-order valence-corrected chi connectivity index (χ0v) is 14.8. The first-order valence-electron chi connectivity index (χ1n) is 7.13. The largest absolute Gasteiger partial charge is 0.480 e. The average Bonchev–Trinajstić information content (AvgIpc) is 2.84. The molecule has 25 heavy (non-hydrogen) atoms. The lowest BCUT2D eigenvalue weighted by atomic mass is 10.2. The van der Waals surface area contributed by atoms with Crippen LogP contribution in [0, 0.1) is 17.0 Å². The Morgan fingerprint density at radius 2 is 2.08 bits per heavy atom. The fourth-order valence-electron chi connectivity index (χ4n) is 2.63. The Kier molecular flexibility index (Phi) is 5.16. The van der Waals surface area contributed by atoms with Gasteiger partial charge in [-0.05, 0) is 19.4 Å². The Morgan fingerprint density at radius 1 is 1.44 bits per heavy atom. The Hall–Kier alpha value is -2.05. The quantitative estimate of drug-likeness (QED) is 0.531. The maximum atomic E-state index is 12.8. The van der Waals surface area contributed by atoms with Crippen LogP contribution in [0.4, 0.5) is 5.69 Å². The van der Waals surface area contributed by atoms with Crippen LogP contribution >= 0.6 is 0 Å². The van der Waals surface area contributed by atoms with Gasteiger partial charge in [0.05, 0.1) is 21.3 Å². The van der Waals surface area contributed by atoms with E-state index in [1.54, 1.807) is 0 Å². The van der Waals surface area contributed by atoms with Gasteiger partial charge in [-0.15, -0.1) is 0 Å². The second-order valence-corrected chi connectivity index (χ2v) is 9.83. The van der Waals surface area contributed by atoms with Gasteiger partial charge in [-0.25, -0.2) is 16.8 Å². The van der Waals surface area contributed by atoms with Crippen LogP contribution in [0.25, 0.3) is 0 Å². The molecule has 12 heteroatoms. The standard InChI is InChI=1S/C13H16N2O8S2/c1-9-2-3-11(6-12(9)15(18)19)25(22,23)14(7-13(16)17)10-4-5-24(20,21)8-10/h2-3,6,10H,4-5,7-8H2,1H3,(H,16,17). The fraction of sp³-hybridized carbons (Fsp3) is 0.462. The van der Waals surface area contributed by atoms with Gasteiger partial charge >= 0.3 is 5.97 Å². The van der Waals surface area contributed by atoms with Crippen LogP contribution in [0.5, 0.6) is 0 Å². The summed E-state index contributed by atoms with van der Waals surface area (Å²) in [4.78, 5) is 20.9. The van der Waals surface area contributed by atoms with Crippen molar-refractivity contribution in [3.63, 3.8) is 0 Å². The van der Waals surface area contributed by atoms with E-state index in [4.69, 9.17) is 5.11 Å². The number of hydrogen-bond acceptors (Lipinski definition) is 7. The molecule has 1 saturated heterocycles.